The van der Waals surface area contributed by atoms with Gasteiger partial charge in [-0.1, -0.05) is 32.0 Å². The summed E-state index contributed by atoms with van der Waals surface area (Å²) >= 11 is 0. The fourth-order valence-corrected chi connectivity index (χ4v) is 3.12. The molecule has 0 aliphatic carbocycles. The van der Waals surface area contributed by atoms with Crippen molar-refractivity contribution in [3.63, 3.8) is 0 Å². The van der Waals surface area contributed by atoms with Crippen LogP contribution in [0.4, 0.5) is 0 Å². The van der Waals surface area contributed by atoms with Crippen LogP contribution in [0.5, 0.6) is 5.75 Å². The largest absolute Gasteiger partial charge is 0.496 e. The monoisotopic (exact) mass is 346 g/mol. The van der Waals surface area contributed by atoms with Crippen LogP contribution in [0.15, 0.2) is 24.3 Å². The van der Waals surface area contributed by atoms with Gasteiger partial charge in [0.05, 0.1) is 13.5 Å². The van der Waals surface area contributed by atoms with Gasteiger partial charge < -0.3 is 15.0 Å². The zero-order chi connectivity index (χ0) is 18.2. The highest BCUT2D eigenvalue weighted by Gasteiger charge is 2.24. The van der Waals surface area contributed by atoms with Gasteiger partial charge in [-0.25, -0.2) is 0 Å². The van der Waals surface area contributed by atoms with Gasteiger partial charge in [0, 0.05) is 31.1 Å². The van der Waals surface area contributed by atoms with Crippen LogP contribution >= 0.6 is 0 Å². The Kier molecular flexibility index (Phi) is 7.29. The minimum atomic E-state index is 0.120. The normalized spacial score (nSPS) is 15.3. The molecule has 0 saturated carbocycles. The van der Waals surface area contributed by atoms with Gasteiger partial charge in [0.15, 0.2) is 0 Å². The molecule has 138 valence electrons. The van der Waals surface area contributed by atoms with E-state index in [0.717, 1.165) is 30.6 Å². The minimum absolute atomic E-state index is 0.120. The molecule has 1 N–H and O–H groups in total. The molecule has 0 atom stereocenters. The van der Waals surface area contributed by atoms with E-state index in [2.05, 4.69) is 19.2 Å². The van der Waals surface area contributed by atoms with Crippen LogP contribution in [-0.4, -0.2) is 43.0 Å². The summed E-state index contributed by atoms with van der Waals surface area (Å²) in [7, 11) is 1.62. The van der Waals surface area contributed by atoms with Gasteiger partial charge in [-0.2, -0.15) is 0 Å². The summed E-state index contributed by atoms with van der Waals surface area (Å²) in [6, 6.07) is 7.82. The van der Waals surface area contributed by atoms with Crippen molar-refractivity contribution in [1.29, 1.82) is 0 Å². The van der Waals surface area contributed by atoms with Crippen LogP contribution < -0.4 is 10.1 Å². The topological polar surface area (TPSA) is 58.6 Å². The van der Waals surface area contributed by atoms with Gasteiger partial charge >= 0.3 is 0 Å². The standard InChI is InChI=1S/C20H30N2O3/c1-15(2)8-9-19(23)21-17-10-12-22(13-11-17)20(24)14-16-6-4-5-7-18(16)25-3/h4-7,15,17H,8-14H2,1-3H3,(H,21,23). The zero-order valence-corrected chi connectivity index (χ0v) is 15.6. The van der Waals surface area contributed by atoms with E-state index in [1.165, 1.54) is 0 Å². The lowest BCUT2D eigenvalue weighted by molar-refractivity contribution is -0.131. The molecule has 0 radical (unpaired) electrons. The molecule has 5 heteroatoms. The van der Waals surface area contributed by atoms with Crippen molar-refractivity contribution in [1.82, 2.24) is 10.2 Å². The number of hydrogen-bond donors (Lipinski definition) is 1. The molecule has 1 saturated heterocycles. The second-order valence-corrected chi connectivity index (χ2v) is 7.14. The van der Waals surface area contributed by atoms with Crippen molar-refractivity contribution < 1.29 is 14.3 Å². The average Bonchev–Trinajstić information content (AvgIpc) is 2.61. The number of methoxy groups -OCH3 is 1. The lowest BCUT2D eigenvalue weighted by atomic mass is 10.0. The first-order valence-electron chi connectivity index (χ1n) is 9.18. The van der Waals surface area contributed by atoms with E-state index >= 15 is 0 Å². The van der Waals surface area contributed by atoms with Crippen molar-refractivity contribution in [3.05, 3.63) is 29.8 Å². The van der Waals surface area contributed by atoms with Crippen molar-refractivity contribution in [2.45, 2.75) is 52.0 Å². The highest BCUT2D eigenvalue weighted by Crippen LogP contribution is 2.20. The molecule has 1 aliphatic heterocycles. The molecule has 0 spiro atoms. The first-order valence-corrected chi connectivity index (χ1v) is 9.18. The molecular weight excluding hydrogens is 316 g/mol. The van der Waals surface area contributed by atoms with Gasteiger partial charge in [-0.05, 0) is 31.2 Å². The van der Waals surface area contributed by atoms with Gasteiger partial charge in [-0.15, -0.1) is 0 Å². The number of likely N-dealkylation sites (tertiary alicyclic amines) is 1. The fraction of sp³-hybridized carbons (Fsp3) is 0.600. The average molecular weight is 346 g/mol. The van der Waals surface area contributed by atoms with Crippen LogP contribution in [0.25, 0.3) is 0 Å². The van der Waals surface area contributed by atoms with Crippen LogP contribution in [0.2, 0.25) is 0 Å². The molecule has 0 unspecified atom stereocenters. The SMILES string of the molecule is COc1ccccc1CC(=O)N1CCC(NC(=O)CCC(C)C)CC1. The number of hydrogen-bond acceptors (Lipinski definition) is 3. The van der Waals surface area contributed by atoms with Crippen molar-refractivity contribution >= 4 is 11.8 Å². The molecule has 25 heavy (non-hydrogen) atoms. The Balaban J connectivity index is 1.77. The number of nitrogens with one attached hydrogen (secondary N) is 1. The number of ether oxygens (including phenoxy) is 1. The number of benzene rings is 1. The number of nitrogens with zero attached hydrogens (tertiary/aromatic N) is 1. The van der Waals surface area contributed by atoms with Gasteiger partial charge in [0.25, 0.3) is 0 Å². The van der Waals surface area contributed by atoms with Crippen LogP contribution in [-0.2, 0) is 16.0 Å². The summed E-state index contributed by atoms with van der Waals surface area (Å²) in [5, 5.41) is 3.10. The zero-order valence-electron chi connectivity index (χ0n) is 15.6. The second-order valence-electron chi connectivity index (χ2n) is 7.14. The van der Waals surface area contributed by atoms with E-state index in [1.807, 2.05) is 29.2 Å². The third-order valence-corrected chi connectivity index (χ3v) is 4.70. The molecular formula is C20H30N2O3. The van der Waals surface area contributed by atoms with E-state index < -0.39 is 0 Å². The first-order chi connectivity index (χ1) is 12.0. The summed E-state index contributed by atoms with van der Waals surface area (Å²) in [6.07, 6.45) is 3.51. The molecule has 1 aromatic rings. The Labute approximate surface area is 150 Å². The number of rotatable bonds is 7. The van der Waals surface area contributed by atoms with Crippen LogP contribution in [0, 0.1) is 5.92 Å². The van der Waals surface area contributed by atoms with E-state index in [-0.39, 0.29) is 17.9 Å². The van der Waals surface area contributed by atoms with Crippen molar-refractivity contribution in [3.8, 4) is 5.75 Å². The Morgan fingerprint density at radius 3 is 2.56 bits per heavy atom. The van der Waals surface area contributed by atoms with Gasteiger partial charge in [0.1, 0.15) is 5.75 Å². The van der Waals surface area contributed by atoms with Crippen LogP contribution in [0.1, 0.15) is 45.1 Å². The molecule has 5 nitrogen and oxygen atoms in total. The molecule has 1 aliphatic rings. The fourth-order valence-electron chi connectivity index (χ4n) is 3.12. The molecule has 1 fully saturated rings. The van der Waals surface area contributed by atoms with E-state index in [1.54, 1.807) is 7.11 Å². The van der Waals surface area contributed by atoms with Gasteiger partial charge in [-0.3, -0.25) is 9.59 Å². The lowest BCUT2D eigenvalue weighted by Gasteiger charge is -2.32. The summed E-state index contributed by atoms with van der Waals surface area (Å²) in [4.78, 5) is 26.4. The Hall–Kier alpha value is -2.04. The predicted molar refractivity (Wildman–Crippen MR) is 98.5 cm³/mol. The number of piperidine rings is 1. The molecule has 1 aromatic carbocycles. The maximum Gasteiger partial charge on any atom is 0.227 e. The number of amides is 2. The molecule has 0 bridgehead atoms. The lowest BCUT2D eigenvalue weighted by Crippen LogP contribution is -2.47. The number of carbonyl (C=O) groups excluding carboxylic acids is 2. The summed E-state index contributed by atoms with van der Waals surface area (Å²) in [5.41, 5.74) is 0.916. The van der Waals surface area contributed by atoms with Crippen LogP contribution in [0.3, 0.4) is 0 Å². The maximum atomic E-state index is 12.5. The minimum Gasteiger partial charge on any atom is -0.496 e. The predicted octanol–water partition coefficient (Wildman–Crippen LogP) is 2.78. The number of carbonyl (C=O) groups is 2. The Morgan fingerprint density at radius 2 is 1.92 bits per heavy atom. The molecule has 2 rings (SSSR count). The maximum absolute atomic E-state index is 12.5. The third kappa shape index (κ3) is 6.07. The van der Waals surface area contributed by atoms with E-state index in [9.17, 15) is 9.59 Å². The summed E-state index contributed by atoms with van der Waals surface area (Å²) in [5.74, 6) is 1.55. The summed E-state index contributed by atoms with van der Waals surface area (Å²) < 4.78 is 5.32. The number of para-hydroxylation sites is 1. The first kappa shape index (κ1) is 19.3. The smallest absolute Gasteiger partial charge is 0.227 e. The molecule has 0 aromatic heterocycles. The quantitative estimate of drug-likeness (QED) is 0.826. The highest BCUT2D eigenvalue weighted by molar-refractivity contribution is 5.80. The van der Waals surface area contributed by atoms with Gasteiger partial charge in [0.2, 0.25) is 11.8 Å². The third-order valence-electron chi connectivity index (χ3n) is 4.70. The Bertz CT molecular complexity index is 578. The molecule has 2 amide bonds. The second kappa shape index (κ2) is 9.44. The van der Waals surface area contributed by atoms with E-state index in [4.69, 9.17) is 4.74 Å². The highest BCUT2D eigenvalue weighted by atomic mass is 16.5. The Morgan fingerprint density at radius 1 is 1.24 bits per heavy atom. The van der Waals surface area contributed by atoms with Crippen molar-refractivity contribution in [2.24, 2.45) is 5.92 Å². The molecule has 1 heterocycles. The van der Waals surface area contributed by atoms with Crippen molar-refractivity contribution in [2.75, 3.05) is 20.2 Å². The van der Waals surface area contributed by atoms with E-state index in [0.29, 0.717) is 31.8 Å². The summed E-state index contributed by atoms with van der Waals surface area (Å²) in [6.45, 7) is 5.64.